The molecule has 1 aromatic carbocycles. The van der Waals surface area contributed by atoms with Gasteiger partial charge in [-0.2, -0.15) is 0 Å². The van der Waals surface area contributed by atoms with Gasteiger partial charge in [0.1, 0.15) is 12.2 Å². The second kappa shape index (κ2) is 8.21. The van der Waals surface area contributed by atoms with Gasteiger partial charge in [0.25, 0.3) is 0 Å². The summed E-state index contributed by atoms with van der Waals surface area (Å²) in [6.07, 6.45) is -2.11. The van der Waals surface area contributed by atoms with E-state index in [-0.39, 0.29) is 12.4 Å². The molecular formula is C15H15F3O4. The van der Waals surface area contributed by atoms with E-state index >= 15 is 0 Å². The summed E-state index contributed by atoms with van der Waals surface area (Å²) in [6.45, 7) is 2.07. The number of halogens is 3. The van der Waals surface area contributed by atoms with Crippen LogP contribution in [0.5, 0.6) is 5.75 Å². The maximum atomic E-state index is 12.1. The number of ketones is 1. The zero-order valence-corrected chi connectivity index (χ0v) is 11.9. The van der Waals surface area contributed by atoms with Crippen LogP contribution in [-0.4, -0.2) is 24.7 Å². The number of hydrogen-bond donors (Lipinski definition) is 0. The Balaban J connectivity index is 2.60. The minimum Gasteiger partial charge on any atom is -0.465 e. The van der Waals surface area contributed by atoms with Crippen molar-refractivity contribution in [2.45, 2.75) is 26.1 Å². The van der Waals surface area contributed by atoms with E-state index < -0.39 is 24.5 Å². The van der Waals surface area contributed by atoms with Crippen LogP contribution >= 0.6 is 0 Å². The van der Waals surface area contributed by atoms with Gasteiger partial charge in [-0.05, 0) is 30.2 Å². The van der Waals surface area contributed by atoms with Crippen LogP contribution in [0.15, 0.2) is 30.3 Å². The topological polar surface area (TPSA) is 52.6 Å². The summed E-state index contributed by atoms with van der Waals surface area (Å²) in [5.41, 5.74) is 0.344. The third-order valence-electron chi connectivity index (χ3n) is 2.34. The number of carbonyl (C=O) groups excluding carboxylic acids is 2. The zero-order valence-electron chi connectivity index (χ0n) is 11.9. The number of esters is 1. The second-order valence-electron chi connectivity index (χ2n) is 4.32. The molecule has 0 bridgehead atoms. The Hall–Kier alpha value is -2.31. The van der Waals surface area contributed by atoms with Gasteiger partial charge in [-0.1, -0.05) is 25.1 Å². The molecule has 0 saturated heterocycles. The molecule has 0 aliphatic rings. The third-order valence-corrected chi connectivity index (χ3v) is 2.34. The smallest absolute Gasteiger partial charge is 0.465 e. The molecule has 0 aliphatic heterocycles. The molecule has 0 saturated carbocycles. The highest BCUT2D eigenvalue weighted by Crippen LogP contribution is 2.23. The molecular weight excluding hydrogens is 301 g/mol. The van der Waals surface area contributed by atoms with Crippen molar-refractivity contribution in [1.29, 1.82) is 0 Å². The predicted octanol–water partition coefficient (Wildman–Crippen LogP) is 3.51. The van der Waals surface area contributed by atoms with Crippen LogP contribution in [0.1, 0.15) is 25.3 Å². The number of ether oxygens (including phenoxy) is 2. The first-order valence-electron chi connectivity index (χ1n) is 6.52. The highest BCUT2D eigenvalue weighted by molar-refractivity contribution is 6.03. The molecule has 0 N–H and O–H groups in total. The van der Waals surface area contributed by atoms with Crippen molar-refractivity contribution in [3.05, 3.63) is 35.9 Å². The van der Waals surface area contributed by atoms with Crippen molar-refractivity contribution >= 4 is 17.8 Å². The van der Waals surface area contributed by atoms with Crippen molar-refractivity contribution in [1.82, 2.24) is 0 Å². The highest BCUT2D eigenvalue weighted by Gasteiger charge is 2.30. The Morgan fingerprint density at radius 2 is 2.00 bits per heavy atom. The fraction of sp³-hybridized carbons (Fsp3) is 0.333. The van der Waals surface area contributed by atoms with Crippen LogP contribution < -0.4 is 4.74 Å². The predicted molar refractivity (Wildman–Crippen MR) is 73.0 cm³/mol. The van der Waals surface area contributed by atoms with Crippen LogP contribution in [0, 0.1) is 0 Å². The van der Waals surface area contributed by atoms with Gasteiger partial charge in [0.15, 0.2) is 5.78 Å². The van der Waals surface area contributed by atoms with Gasteiger partial charge in [-0.3, -0.25) is 9.59 Å². The average Bonchev–Trinajstić information content (AvgIpc) is 2.41. The van der Waals surface area contributed by atoms with E-state index in [1.165, 1.54) is 18.2 Å². The Labute approximate surface area is 125 Å². The van der Waals surface area contributed by atoms with Gasteiger partial charge in [-0.15, -0.1) is 13.2 Å². The number of rotatable bonds is 7. The van der Waals surface area contributed by atoms with Gasteiger partial charge in [0.2, 0.25) is 0 Å². The van der Waals surface area contributed by atoms with E-state index in [0.717, 1.165) is 18.2 Å². The molecule has 0 aliphatic carbocycles. The SMILES string of the molecule is CCCOC(=O)CC(=O)C=Cc1cccc(OC(F)(F)F)c1. The molecule has 0 heterocycles. The Morgan fingerprint density at radius 1 is 1.27 bits per heavy atom. The number of carbonyl (C=O) groups is 2. The molecule has 7 heteroatoms. The molecule has 1 aromatic rings. The lowest BCUT2D eigenvalue weighted by Gasteiger charge is -2.08. The maximum absolute atomic E-state index is 12.1. The number of benzene rings is 1. The lowest BCUT2D eigenvalue weighted by atomic mass is 10.1. The van der Waals surface area contributed by atoms with E-state index in [2.05, 4.69) is 4.74 Å². The van der Waals surface area contributed by atoms with Crippen LogP contribution in [0.25, 0.3) is 6.08 Å². The van der Waals surface area contributed by atoms with Crippen molar-refractivity contribution < 1.29 is 32.2 Å². The van der Waals surface area contributed by atoms with Gasteiger partial charge in [-0.25, -0.2) is 0 Å². The van der Waals surface area contributed by atoms with Crippen molar-refractivity contribution in [2.75, 3.05) is 6.61 Å². The van der Waals surface area contributed by atoms with E-state index in [9.17, 15) is 22.8 Å². The summed E-state index contributed by atoms with van der Waals surface area (Å²) < 4.78 is 44.8. The maximum Gasteiger partial charge on any atom is 0.573 e. The summed E-state index contributed by atoms with van der Waals surface area (Å²) in [7, 11) is 0. The number of hydrogen-bond acceptors (Lipinski definition) is 4. The highest BCUT2D eigenvalue weighted by atomic mass is 19.4. The Kier molecular flexibility index (Phi) is 6.62. The standard InChI is InChI=1S/C15H15F3O4/c1-2-8-21-14(20)10-12(19)7-6-11-4-3-5-13(9-11)22-15(16,17)18/h3-7,9H,2,8,10H2,1H3. The van der Waals surface area contributed by atoms with Gasteiger partial charge in [0, 0.05) is 0 Å². The van der Waals surface area contributed by atoms with Crippen LogP contribution in [0.4, 0.5) is 13.2 Å². The van der Waals surface area contributed by atoms with E-state index in [4.69, 9.17) is 4.74 Å². The van der Waals surface area contributed by atoms with Crippen molar-refractivity contribution in [3.63, 3.8) is 0 Å². The molecule has 0 aromatic heterocycles. The normalized spacial score (nSPS) is 11.5. The van der Waals surface area contributed by atoms with Crippen LogP contribution in [0.3, 0.4) is 0 Å². The molecule has 0 radical (unpaired) electrons. The number of alkyl halides is 3. The summed E-state index contributed by atoms with van der Waals surface area (Å²) in [6, 6.07) is 5.14. The first-order chi connectivity index (χ1) is 10.3. The summed E-state index contributed by atoms with van der Waals surface area (Å²) >= 11 is 0. The van der Waals surface area contributed by atoms with Crippen molar-refractivity contribution in [2.24, 2.45) is 0 Å². The Bertz CT molecular complexity index is 550. The van der Waals surface area contributed by atoms with Crippen LogP contribution in [-0.2, 0) is 14.3 Å². The molecule has 0 unspecified atom stereocenters. The third kappa shape index (κ3) is 7.47. The molecule has 4 nitrogen and oxygen atoms in total. The molecule has 0 atom stereocenters. The fourth-order valence-corrected chi connectivity index (χ4v) is 1.47. The zero-order chi connectivity index (χ0) is 16.6. The quantitative estimate of drug-likeness (QED) is 0.439. The first-order valence-corrected chi connectivity index (χ1v) is 6.52. The van der Waals surface area contributed by atoms with E-state index in [0.29, 0.717) is 12.0 Å². The summed E-state index contributed by atoms with van der Waals surface area (Å²) in [5.74, 6) is -1.52. The molecule has 120 valence electrons. The first kappa shape index (κ1) is 17.7. The molecule has 0 spiro atoms. The average molecular weight is 316 g/mol. The van der Waals surface area contributed by atoms with Gasteiger partial charge < -0.3 is 9.47 Å². The van der Waals surface area contributed by atoms with Gasteiger partial charge >= 0.3 is 12.3 Å². The molecule has 0 amide bonds. The summed E-state index contributed by atoms with van der Waals surface area (Å²) in [5, 5.41) is 0. The minimum atomic E-state index is -4.78. The molecule has 22 heavy (non-hydrogen) atoms. The summed E-state index contributed by atoms with van der Waals surface area (Å²) in [4.78, 5) is 22.7. The van der Waals surface area contributed by atoms with Crippen molar-refractivity contribution in [3.8, 4) is 5.75 Å². The van der Waals surface area contributed by atoms with E-state index in [1.54, 1.807) is 0 Å². The Morgan fingerprint density at radius 3 is 2.64 bits per heavy atom. The number of allylic oxidation sites excluding steroid dienone is 1. The lowest BCUT2D eigenvalue weighted by molar-refractivity contribution is -0.274. The molecule has 0 fully saturated rings. The monoisotopic (exact) mass is 316 g/mol. The van der Waals surface area contributed by atoms with Gasteiger partial charge in [0.05, 0.1) is 6.61 Å². The second-order valence-corrected chi connectivity index (χ2v) is 4.32. The fourth-order valence-electron chi connectivity index (χ4n) is 1.47. The van der Waals surface area contributed by atoms with E-state index in [1.807, 2.05) is 6.92 Å². The van der Waals surface area contributed by atoms with Crippen LogP contribution in [0.2, 0.25) is 0 Å². The largest absolute Gasteiger partial charge is 0.573 e. The lowest BCUT2D eigenvalue weighted by Crippen LogP contribution is -2.17. The minimum absolute atomic E-state index is 0.243. The molecule has 1 rings (SSSR count).